The number of rotatable bonds is 5. The van der Waals surface area contributed by atoms with E-state index in [1.165, 1.54) is 0 Å². The molecular weight excluding hydrogens is 226 g/mol. The minimum Gasteiger partial charge on any atom is -0.352 e. The number of aromatic nitrogens is 2. The van der Waals surface area contributed by atoms with Crippen molar-refractivity contribution in [3.05, 3.63) is 36.3 Å². The highest BCUT2D eigenvalue weighted by molar-refractivity contribution is 5.94. The first-order chi connectivity index (χ1) is 8.74. The van der Waals surface area contributed by atoms with E-state index in [4.69, 9.17) is 0 Å². The van der Waals surface area contributed by atoms with Gasteiger partial charge in [-0.25, -0.2) is 4.98 Å². The Balaban J connectivity index is 2.04. The average molecular weight is 245 g/mol. The van der Waals surface area contributed by atoms with Crippen molar-refractivity contribution in [1.82, 2.24) is 14.7 Å². The number of carbonyl (C=O) groups is 1. The van der Waals surface area contributed by atoms with Gasteiger partial charge in [0.05, 0.1) is 5.56 Å². The molecule has 96 valence electrons. The van der Waals surface area contributed by atoms with Crippen LogP contribution in [0.2, 0.25) is 0 Å². The summed E-state index contributed by atoms with van der Waals surface area (Å²) < 4.78 is 1.85. The molecule has 2 aromatic rings. The molecule has 1 N–H and O–H groups in total. The molecule has 0 aliphatic heterocycles. The summed E-state index contributed by atoms with van der Waals surface area (Å²) in [5, 5.41) is 2.99. The van der Waals surface area contributed by atoms with Crippen molar-refractivity contribution in [2.24, 2.45) is 5.92 Å². The molecule has 0 saturated carbocycles. The third-order valence-electron chi connectivity index (χ3n) is 3.36. The van der Waals surface area contributed by atoms with Gasteiger partial charge in [0.1, 0.15) is 5.65 Å². The molecule has 4 heteroatoms. The van der Waals surface area contributed by atoms with Crippen LogP contribution < -0.4 is 5.32 Å². The Morgan fingerprint density at radius 3 is 2.89 bits per heavy atom. The molecule has 0 fully saturated rings. The SMILES string of the molecule is CCC(CC)CNC(=O)c1ccc2nccn2c1. The molecule has 0 aliphatic rings. The van der Waals surface area contributed by atoms with Gasteiger partial charge in [-0.15, -0.1) is 0 Å². The Morgan fingerprint density at radius 1 is 1.39 bits per heavy atom. The minimum atomic E-state index is -0.0162. The van der Waals surface area contributed by atoms with E-state index in [1.807, 2.05) is 28.9 Å². The van der Waals surface area contributed by atoms with E-state index in [1.54, 1.807) is 6.20 Å². The summed E-state index contributed by atoms with van der Waals surface area (Å²) >= 11 is 0. The maximum atomic E-state index is 12.0. The third kappa shape index (κ3) is 2.70. The molecule has 0 spiro atoms. The van der Waals surface area contributed by atoms with Crippen molar-refractivity contribution >= 4 is 11.6 Å². The molecule has 0 saturated heterocycles. The van der Waals surface area contributed by atoms with Crippen molar-refractivity contribution in [3.8, 4) is 0 Å². The second-order valence-electron chi connectivity index (χ2n) is 4.50. The Morgan fingerprint density at radius 2 is 2.17 bits per heavy atom. The highest BCUT2D eigenvalue weighted by Crippen LogP contribution is 2.07. The molecule has 2 rings (SSSR count). The van der Waals surface area contributed by atoms with E-state index in [9.17, 15) is 4.79 Å². The van der Waals surface area contributed by atoms with Gasteiger partial charge in [0, 0.05) is 25.1 Å². The van der Waals surface area contributed by atoms with Crippen LogP contribution in [0.1, 0.15) is 37.0 Å². The molecule has 0 atom stereocenters. The summed E-state index contributed by atoms with van der Waals surface area (Å²) in [5.41, 5.74) is 1.53. The van der Waals surface area contributed by atoms with Crippen LogP contribution in [0, 0.1) is 5.92 Å². The van der Waals surface area contributed by atoms with Gasteiger partial charge >= 0.3 is 0 Å². The summed E-state index contributed by atoms with van der Waals surface area (Å²) in [4.78, 5) is 16.2. The topological polar surface area (TPSA) is 46.4 Å². The number of pyridine rings is 1. The van der Waals surface area contributed by atoms with Gasteiger partial charge in [0.15, 0.2) is 0 Å². The second-order valence-corrected chi connectivity index (χ2v) is 4.50. The van der Waals surface area contributed by atoms with Crippen molar-refractivity contribution < 1.29 is 4.79 Å². The van der Waals surface area contributed by atoms with E-state index < -0.39 is 0 Å². The van der Waals surface area contributed by atoms with Gasteiger partial charge in [-0.1, -0.05) is 26.7 Å². The quantitative estimate of drug-likeness (QED) is 0.879. The Hall–Kier alpha value is -1.84. The minimum absolute atomic E-state index is 0.0162. The Kier molecular flexibility index (Phi) is 3.97. The van der Waals surface area contributed by atoms with Gasteiger partial charge in [-0.3, -0.25) is 4.79 Å². The molecular formula is C14H19N3O. The standard InChI is InChI=1S/C14H19N3O/c1-3-11(4-2)9-16-14(18)12-5-6-13-15-7-8-17(13)10-12/h5-8,10-11H,3-4,9H2,1-2H3,(H,16,18). The highest BCUT2D eigenvalue weighted by atomic mass is 16.1. The number of carbonyl (C=O) groups excluding carboxylic acids is 1. The number of hydrogen-bond acceptors (Lipinski definition) is 2. The summed E-state index contributed by atoms with van der Waals surface area (Å²) in [5.74, 6) is 0.545. The van der Waals surface area contributed by atoms with E-state index in [-0.39, 0.29) is 5.91 Å². The zero-order valence-electron chi connectivity index (χ0n) is 10.9. The lowest BCUT2D eigenvalue weighted by Crippen LogP contribution is -2.29. The van der Waals surface area contributed by atoms with Crippen LogP contribution in [0.4, 0.5) is 0 Å². The lowest BCUT2D eigenvalue weighted by molar-refractivity contribution is 0.0946. The highest BCUT2D eigenvalue weighted by Gasteiger charge is 2.09. The lowest BCUT2D eigenvalue weighted by atomic mass is 10.0. The van der Waals surface area contributed by atoms with E-state index in [2.05, 4.69) is 24.1 Å². The van der Waals surface area contributed by atoms with Crippen LogP contribution >= 0.6 is 0 Å². The number of fused-ring (bicyclic) bond motifs is 1. The predicted octanol–water partition coefficient (Wildman–Crippen LogP) is 2.50. The summed E-state index contributed by atoms with van der Waals surface area (Å²) in [6, 6.07) is 3.66. The first kappa shape index (κ1) is 12.6. The largest absolute Gasteiger partial charge is 0.352 e. The van der Waals surface area contributed by atoms with Crippen molar-refractivity contribution in [2.75, 3.05) is 6.54 Å². The zero-order chi connectivity index (χ0) is 13.0. The summed E-state index contributed by atoms with van der Waals surface area (Å²) in [7, 11) is 0. The van der Waals surface area contributed by atoms with Crippen molar-refractivity contribution in [3.63, 3.8) is 0 Å². The van der Waals surface area contributed by atoms with E-state index in [0.717, 1.165) is 25.0 Å². The van der Waals surface area contributed by atoms with E-state index >= 15 is 0 Å². The van der Waals surface area contributed by atoms with Crippen molar-refractivity contribution in [2.45, 2.75) is 26.7 Å². The van der Waals surface area contributed by atoms with Gasteiger partial charge < -0.3 is 9.72 Å². The number of nitrogens with one attached hydrogen (secondary N) is 1. The van der Waals surface area contributed by atoms with Crippen LogP contribution in [0.3, 0.4) is 0 Å². The molecule has 2 heterocycles. The van der Waals surface area contributed by atoms with Crippen LogP contribution in [-0.4, -0.2) is 21.8 Å². The molecule has 0 aliphatic carbocycles. The molecule has 0 bridgehead atoms. The van der Waals surface area contributed by atoms with Gasteiger partial charge in [-0.05, 0) is 18.1 Å². The molecule has 0 radical (unpaired) electrons. The van der Waals surface area contributed by atoms with E-state index in [0.29, 0.717) is 11.5 Å². The van der Waals surface area contributed by atoms with Crippen LogP contribution in [0.15, 0.2) is 30.7 Å². The maximum absolute atomic E-state index is 12.0. The smallest absolute Gasteiger partial charge is 0.252 e. The van der Waals surface area contributed by atoms with Gasteiger partial charge in [0.2, 0.25) is 0 Å². The fourth-order valence-corrected chi connectivity index (χ4v) is 1.97. The number of nitrogens with zero attached hydrogens (tertiary/aromatic N) is 2. The second kappa shape index (κ2) is 5.67. The van der Waals surface area contributed by atoms with Gasteiger partial charge in [0.25, 0.3) is 5.91 Å². The fraction of sp³-hybridized carbons (Fsp3) is 0.429. The number of hydrogen-bond donors (Lipinski definition) is 1. The fourth-order valence-electron chi connectivity index (χ4n) is 1.97. The average Bonchev–Trinajstić information content (AvgIpc) is 2.86. The maximum Gasteiger partial charge on any atom is 0.252 e. The Labute approximate surface area is 107 Å². The molecule has 1 amide bonds. The molecule has 0 unspecified atom stereocenters. The molecule has 0 aromatic carbocycles. The van der Waals surface area contributed by atoms with Crippen LogP contribution in [-0.2, 0) is 0 Å². The summed E-state index contributed by atoms with van der Waals surface area (Å²) in [6.07, 6.45) is 7.56. The normalized spacial score (nSPS) is 11.1. The molecule has 18 heavy (non-hydrogen) atoms. The van der Waals surface area contributed by atoms with Gasteiger partial charge in [-0.2, -0.15) is 0 Å². The monoisotopic (exact) mass is 245 g/mol. The lowest BCUT2D eigenvalue weighted by Gasteiger charge is -2.13. The first-order valence-electron chi connectivity index (χ1n) is 6.45. The molecule has 2 aromatic heterocycles. The van der Waals surface area contributed by atoms with Crippen LogP contribution in [0.25, 0.3) is 5.65 Å². The third-order valence-corrected chi connectivity index (χ3v) is 3.36. The zero-order valence-corrected chi connectivity index (χ0v) is 10.9. The summed E-state index contributed by atoms with van der Waals surface area (Å²) in [6.45, 7) is 5.05. The predicted molar refractivity (Wildman–Crippen MR) is 71.6 cm³/mol. The van der Waals surface area contributed by atoms with Crippen LogP contribution in [0.5, 0.6) is 0 Å². The van der Waals surface area contributed by atoms with Crippen molar-refractivity contribution in [1.29, 1.82) is 0 Å². The number of imidazole rings is 1. The number of amides is 1. The first-order valence-corrected chi connectivity index (χ1v) is 6.45. The molecule has 4 nitrogen and oxygen atoms in total. The Bertz CT molecular complexity index is 529.